The van der Waals surface area contributed by atoms with Crippen LogP contribution in [0.15, 0.2) is 42.5 Å². The van der Waals surface area contributed by atoms with E-state index in [-0.39, 0.29) is 22.7 Å². The van der Waals surface area contributed by atoms with Crippen LogP contribution >= 0.6 is 0 Å². The number of benzene rings is 2. The van der Waals surface area contributed by atoms with Crippen LogP contribution in [0, 0.1) is 22.0 Å². The number of ether oxygens (including phenoxy) is 2. The largest absolute Gasteiger partial charge is 0.452 e. The second-order valence-corrected chi connectivity index (χ2v) is 8.31. The Morgan fingerprint density at radius 1 is 1.18 bits per heavy atom. The number of hydrogen-bond donors (Lipinski definition) is 1. The number of amides is 1. The number of hydrogen-bond acceptors (Lipinski definition) is 7. The number of nitro groups is 1. The molecule has 1 N–H and O–H groups in total. The van der Waals surface area contributed by atoms with Gasteiger partial charge in [0.05, 0.1) is 16.2 Å². The molecule has 0 aromatic heterocycles. The molecule has 0 saturated carbocycles. The normalized spacial score (nSPS) is 17.9. The summed E-state index contributed by atoms with van der Waals surface area (Å²) in [7, 11) is 0. The lowest BCUT2D eigenvalue weighted by Gasteiger charge is -2.36. The third-order valence-electron chi connectivity index (χ3n) is 5.33. The van der Waals surface area contributed by atoms with E-state index in [1.54, 1.807) is 0 Å². The molecule has 34 heavy (non-hydrogen) atoms. The Morgan fingerprint density at radius 2 is 1.85 bits per heavy atom. The third-order valence-corrected chi connectivity index (χ3v) is 5.33. The molecule has 0 unspecified atom stereocenters. The van der Waals surface area contributed by atoms with E-state index in [2.05, 4.69) is 23.9 Å². The smallest absolute Gasteiger partial charge is 0.387 e. The molecule has 3 rings (SSSR count). The molecule has 0 radical (unpaired) electrons. The zero-order valence-corrected chi connectivity index (χ0v) is 18.7. The fourth-order valence-corrected chi connectivity index (χ4v) is 4.09. The van der Waals surface area contributed by atoms with Crippen LogP contribution < -0.4 is 15.0 Å². The van der Waals surface area contributed by atoms with E-state index in [4.69, 9.17) is 4.74 Å². The Morgan fingerprint density at radius 3 is 2.50 bits per heavy atom. The average molecular weight is 477 g/mol. The number of halogens is 2. The number of carbonyl (C=O) groups is 2. The molecule has 2 aromatic carbocycles. The van der Waals surface area contributed by atoms with Gasteiger partial charge in [0.25, 0.3) is 11.6 Å². The molecule has 2 atom stereocenters. The monoisotopic (exact) mass is 477 g/mol. The second kappa shape index (κ2) is 10.9. The molecule has 2 aromatic rings. The molecule has 11 heteroatoms. The van der Waals surface area contributed by atoms with Gasteiger partial charge in [0, 0.05) is 19.2 Å². The Bertz CT molecular complexity index is 1050. The Labute approximate surface area is 194 Å². The van der Waals surface area contributed by atoms with Crippen molar-refractivity contribution in [3.05, 3.63) is 58.1 Å². The molecule has 0 aliphatic carbocycles. The number of para-hydroxylation sites is 2. The van der Waals surface area contributed by atoms with Crippen LogP contribution in [0.4, 0.5) is 25.8 Å². The Balaban J connectivity index is 1.67. The lowest BCUT2D eigenvalue weighted by Crippen LogP contribution is -2.39. The van der Waals surface area contributed by atoms with E-state index in [1.807, 2.05) is 4.90 Å². The number of alkyl halides is 2. The van der Waals surface area contributed by atoms with E-state index in [9.17, 15) is 28.5 Å². The fourth-order valence-electron chi connectivity index (χ4n) is 4.09. The molecular weight excluding hydrogens is 452 g/mol. The molecule has 0 spiro atoms. The van der Waals surface area contributed by atoms with Gasteiger partial charge in [-0.1, -0.05) is 26.0 Å². The first-order chi connectivity index (χ1) is 16.1. The highest BCUT2D eigenvalue weighted by molar-refractivity contribution is 5.97. The van der Waals surface area contributed by atoms with Gasteiger partial charge in [-0.2, -0.15) is 8.78 Å². The molecule has 1 saturated heterocycles. The minimum absolute atomic E-state index is 0.0196. The van der Waals surface area contributed by atoms with Crippen LogP contribution in [0.5, 0.6) is 5.75 Å². The van der Waals surface area contributed by atoms with Crippen molar-refractivity contribution in [2.75, 3.05) is 29.9 Å². The molecule has 1 heterocycles. The van der Waals surface area contributed by atoms with Gasteiger partial charge in [0.1, 0.15) is 11.4 Å². The second-order valence-electron chi connectivity index (χ2n) is 8.31. The van der Waals surface area contributed by atoms with Crippen LogP contribution in [0.25, 0.3) is 0 Å². The summed E-state index contributed by atoms with van der Waals surface area (Å²) >= 11 is 0. The number of carbonyl (C=O) groups excluding carboxylic acids is 2. The Hall–Kier alpha value is -3.76. The zero-order chi connectivity index (χ0) is 24.8. The SMILES string of the molecule is C[C@@H]1C[C@H](C)CN(c2ccc(C(=O)OCC(=O)Nc3ccccc3OC(F)F)cc2[N+](=O)[O-])C1. The zero-order valence-electron chi connectivity index (χ0n) is 18.7. The van der Waals surface area contributed by atoms with E-state index >= 15 is 0 Å². The van der Waals surface area contributed by atoms with Crippen molar-refractivity contribution in [3.8, 4) is 5.75 Å². The van der Waals surface area contributed by atoms with Crippen molar-refractivity contribution in [1.82, 2.24) is 0 Å². The predicted molar refractivity (Wildman–Crippen MR) is 120 cm³/mol. The van der Waals surface area contributed by atoms with E-state index in [1.165, 1.54) is 36.4 Å². The fraction of sp³-hybridized carbons (Fsp3) is 0.391. The highest BCUT2D eigenvalue weighted by atomic mass is 19.3. The molecule has 1 amide bonds. The summed E-state index contributed by atoms with van der Waals surface area (Å²) in [6.07, 6.45) is 1.04. The van der Waals surface area contributed by atoms with Gasteiger partial charge in [0.2, 0.25) is 0 Å². The van der Waals surface area contributed by atoms with Crippen molar-refractivity contribution >= 4 is 28.9 Å². The lowest BCUT2D eigenvalue weighted by atomic mass is 9.91. The number of anilines is 2. The highest BCUT2D eigenvalue weighted by Gasteiger charge is 2.28. The van der Waals surface area contributed by atoms with Gasteiger partial charge in [-0.25, -0.2) is 4.79 Å². The molecule has 9 nitrogen and oxygen atoms in total. The summed E-state index contributed by atoms with van der Waals surface area (Å²) in [5, 5.41) is 14.0. The average Bonchev–Trinajstić information content (AvgIpc) is 2.77. The minimum atomic E-state index is -3.08. The summed E-state index contributed by atoms with van der Waals surface area (Å²) in [6.45, 7) is 1.72. The van der Waals surface area contributed by atoms with Gasteiger partial charge in [-0.15, -0.1) is 0 Å². The van der Waals surface area contributed by atoms with Crippen LogP contribution in [0.1, 0.15) is 30.6 Å². The Kier molecular flexibility index (Phi) is 7.98. The van der Waals surface area contributed by atoms with Gasteiger partial charge in [-0.3, -0.25) is 14.9 Å². The first-order valence-electron chi connectivity index (χ1n) is 10.7. The molecule has 1 fully saturated rings. The number of esters is 1. The summed E-state index contributed by atoms with van der Waals surface area (Å²) in [6, 6.07) is 9.61. The quantitative estimate of drug-likeness (QED) is 0.339. The van der Waals surface area contributed by atoms with Crippen LogP contribution in [0.2, 0.25) is 0 Å². The molecular formula is C23H25F2N3O6. The maximum atomic E-state index is 12.5. The number of rotatable bonds is 8. The summed E-state index contributed by atoms with van der Waals surface area (Å²) in [4.78, 5) is 37.6. The topological polar surface area (TPSA) is 111 Å². The molecule has 1 aliphatic rings. The first-order valence-corrected chi connectivity index (χ1v) is 10.7. The van der Waals surface area contributed by atoms with Crippen molar-refractivity contribution in [1.29, 1.82) is 0 Å². The minimum Gasteiger partial charge on any atom is -0.452 e. The van der Waals surface area contributed by atoms with Gasteiger partial charge < -0.3 is 19.7 Å². The summed E-state index contributed by atoms with van der Waals surface area (Å²) < 4.78 is 34.3. The van der Waals surface area contributed by atoms with Crippen LogP contribution in [-0.2, 0) is 9.53 Å². The van der Waals surface area contributed by atoms with E-state index in [0.717, 1.165) is 12.5 Å². The number of nitrogens with one attached hydrogen (secondary N) is 1. The number of piperidine rings is 1. The molecule has 182 valence electrons. The number of nitro benzene ring substituents is 1. The lowest BCUT2D eigenvalue weighted by molar-refractivity contribution is -0.384. The van der Waals surface area contributed by atoms with Gasteiger partial charge >= 0.3 is 12.6 Å². The highest BCUT2D eigenvalue weighted by Crippen LogP contribution is 2.34. The van der Waals surface area contributed by atoms with Crippen molar-refractivity contribution < 1.29 is 32.8 Å². The standard InChI is InChI=1S/C23H25F2N3O6/c1-14-9-15(2)12-27(11-14)18-8-7-16(10-19(18)28(31)32)22(30)33-13-21(29)26-17-5-3-4-6-20(17)34-23(24)25/h3-8,10,14-15,23H,9,11-13H2,1-2H3,(H,26,29)/t14-,15+. The number of nitrogens with zero attached hydrogens (tertiary/aromatic N) is 2. The molecule has 1 aliphatic heterocycles. The van der Waals surface area contributed by atoms with Crippen molar-refractivity contribution in [2.45, 2.75) is 26.9 Å². The van der Waals surface area contributed by atoms with Crippen LogP contribution in [-0.4, -0.2) is 43.1 Å². The van der Waals surface area contributed by atoms with Gasteiger partial charge in [-0.05, 0) is 42.5 Å². The van der Waals surface area contributed by atoms with E-state index < -0.39 is 30.0 Å². The van der Waals surface area contributed by atoms with Crippen molar-refractivity contribution in [3.63, 3.8) is 0 Å². The third kappa shape index (κ3) is 6.40. The van der Waals surface area contributed by atoms with Gasteiger partial charge in [0.15, 0.2) is 6.61 Å². The molecule has 0 bridgehead atoms. The summed E-state index contributed by atoms with van der Waals surface area (Å²) in [5.41, 5.74) is 0.100. The van der Waals surface area contributed by atoms with E-state index in [0.29, 0.717) is 30.6 Å². The van der Waals surface area contributed by atoms with Crippen molar-refractivity contribution in [2.24, 2.45) is 11.8 Å². The first kappa shape index (κ1) is 24.9. The maximum absolute atomic E-state index is 12.5. The maximum Gasteiger partial charge on any atom is 0.387 e. The predicted octanol–water partition coefficient (Wildman–Crippen LogP) is 4.47. The van der Waals surface area contributed by atoms with Crippen LogP contribution in [0.3, 0.4) is 0 Å². The summed E-state index contributed by atoms with van der Waals surface area (Å²) in [5.74, 6) is -1.21.